The Morgan fingerprint density at radius 2 is 1.96 bits per heavy atom. The molecule has 1 saturated carbocycles. The molecule has 1 fully saturated rings. The van der Waals surface area contributed by atoms with Crippen LogP contribution in [0.2, 0.25) is 0 Å². The second-order valence-electron chi connectivity index (χ2n) is 6.41. The van der Waals surface area contributed by atoms with Crippen molar-refractivity contribution in [3.63, 3.8) is 0 Å². The van der Waals surface area contributed by atoms with E-state index in [1.807, 2.05) is 25.1 Å². The molecule has 1 aromatic carbocycles. The van der Waals surface area contributed by atoms with Crippen molar-refractivity contribution in [3.8, 4) is 5.75 Å². The predicted octanol–water partition coefficient (Wildman–Crippen LogP) is 4.38. The van der Waals surface area contributed by atoms with Gasteiger partial charge in [-0.15, -0.1) is 0 Å². The zero-order valence-corrected chi connectivity index (χ0v) is 14.0. The Labute approximate surface area is 137 Å². The third-order valence-corrected chi connectivity index (χ3v) is 4.82. The molecule has 3 rings (SSSR count). The van der Waals surface area contributed by atoms with Gasteiger partial charge >= 0.3 is 0 Å². The maximum Gasteiger partial charge on any atom is 0.140 e. The number of aliphatic hydroxyl groups is 1. The van der Waals surface area contributed by atoms with Gasteiger partial charge in [0.05, 0.1) is 6.61 Å². The highest BCUT2D eigenvalue weighted by molar-refractivity contribution is 5.88. The molecule has 0 bridgehead atoms. The van der Waals surface area contributed by atoms with Gasteiger partial charge in [0, 0.05) is 17.9 Å². The first-order valence-corrected chi connectivity index (χ1v) is 8.53. The molecule has 1 atom stereocenters. The van der Waals surface area contributed by atoms with Crippen LogP contribution < -0.4 is 4.74 Å². The summed E-state index contributed by atoms with van der Waals surface area (Å²) in [5, 5.41) is 12.8. The van der Waals surface area contributed by atoms with E-state index in [1.165, 1.54) is 19.3 Å². The number of hydrogen-bond donors (Lipinski definition) is 1. The molecule has 1 aliphatic rings. The van der Waals surface area contributed by atoms with Crippen LogP contribution in [0.4, 0.5) is 0 Å². The number of hydrogen-bond acceptors (Lipinski definition) is 4. The lowest BCUT2D eigenvalue weighted by molar-refractivity contribution is 0.0661. The number of aryl methyl sites for hydroxylation is 1. The Bertz CT molecular complexity index is 640. The topological polar surface area (TPSA) is 51.8 Å². The Kier molecular flexibility index (Phi) is 5.23. The average molecular weight is 318 g/mol. The predicted molar refractivity (Wildman–Crippen MR) is 89.9 cm³/mol. The highest BCUT2D eigenvalue weighted by Crippen LogP contribution is 2.39. The van der Waals surface area contributed by atoms with Crippen LogP contribution in [-0.4, -0.2) is 25.4 Å². The smallest absolute Gasteiger partial charge is 0.140 e. The highest BCUT2D eigenvalue weighted by Gasteiger charge is 2.27. The van der Waals surface area contributed by atoms with Crippen molar-refractivity contribution in [1.29, 1.82) is 0 Å². The summed E-state index contributed by atoms with van der Waals surface area (Å²) in [5.41, 5.74) is 0. The molecule has 1 N–H and O–H groups in total. The molecular formula is C19H26O4. The lowest BCUT2D eigenvalue weighted by Crippen LogP contribution is -2.15. The first kappa shape index (κ1) is 16.3. The quantitative estimate of drug-likeness (QED) is 0.803. The van der Waals surface area contributed by atoms with Crippen LogP contribution in [-0.2, 0) is 4.74 Å². The van der Waals surface area contributed by atoms with Gasteiger partial charge in [0.15, 0.2) is 0 Å². The van der Waals surface area contributed by atoms with Crippen LogP contribution in [0.25, 0.3) is 10.8 Å². The number of methoxy groups -OCH3 is 1. The minimum absolute atomic E-state index is 0.315. The summed E-state index contributed by atoms with van der Waals surface area (Å²) >= 11 is 0. The van der Waals surface area contributed by atoms with Crippen molar-refractivity contribution >= 4 is 10.8 Å². The molecule has 0 radical (unpaired) electrons. The monoisotopic (exact) mass is 318 g/mol. The van der Waals surface area contributed by atoms with Crippen LogP contribution in [0.3, 0.4) is 0 Å². The summed E-state index contributed by atoms with van der Waals surface area (Å²) in [6, 6.07) is 5.92. The van der Waals surface area contributed by atoms with Crippen LogP contribution >= 0.6 is 0 Å². The Hall–Kier alpha value is -1.52. The molecule has 0 saturated heterocycles. The van der Waals surface area contributed by atoms with E-state index in [0.29, 0.717) is 24.9 Å². The average Bonchev–Trinajstić information content (AvgIpc) is 2.92. The Morgan fingerprint density at radius 3 is 2.70 bits per heavy atom. The minimum Gasteiger partial charge on any atom is -0.491 e. The number of rotatable bonds is 6. The first-order chi connectivity index (χ1) is 11.2. The fourth-order valence-corrected chi connectivity index (χ4v) is 3.52. The van der Waals surface area contributed by atoms with E-state index < -0.39 is 6.10 Å². The third-order valence-electron chi connectivity index (χ3n) is 4.82. The van der Waals surface area contributed by atoms with Gasteiger partial charge in [0.25, 0.3) is 0 Å². The Morgan fingerprint density at radius 1 is 1.17 bits per heavy atom. The van der Waals surface area contributed by atoms with Gasteiger partial charge in [-0.25, -0.2) is 0 Å². The largest absolute Gasteiger partial charge is 0.491 e. The van der Waals surface area contributed by atoms with Crippen molar-refractivity contribution < 1.29 is 19.0 Å². The fraction of sp³-hybridized carbons (Fsp3) is 0.579. The van der Waals surface area contributed by atoms with E-state index >= 15 is 0 Å². The standard InChI is InChI=1S/C19H26O4/c1-13-17-12-15(22-11-10-21-2)8-9-16(17)19(23-13)18(20)14-6-4-3-5-7-14/h8-9,12,14,18,20H,3-7,10-11H2,1-2H3. The van der Waals surface area contributed by atoms with Gasteiger partial charge in [-0.2, -0.15) is 0 Å². The molecule has 4 nitrogen and oxygen atoms in total. The number of benzene rings is 1. The number of ether oxygens (including phenoxy) is 2. The molecule has 0 spiro atoms. The normalized spacial score (nSPS) is 17.5. The summed E-state index contributed by atoms with van der Waals surface area (Å²) in [4.78, 5) is 0. The molecule has 126 valence electrons. The van der Waals surface area contributed by atoms with E-state index in [-0.39, 0.29) is 0 Å². The molecule has 4 heteroatoms. The van der Waals surface area contributed by atoms with Crippen LogP contribution in [0.5, 0.6) is 5.75 Å². The molecule has 1 unspecified atom stereocenters. The SMILES string of the molecule is COCCOc1ccc2c(C(O)C3CCCCC3)oc(C)c2c1. The van der Waals surface area contributed by atoms with Gasteiger partial charge in [-0.1, -0.05) is 19.3 Å². The maximum absolute atomic E-state index is 10.8. The van der Waals surface area contributed by atoms with Gasteiger partial charge in [0.2, 0.25) is 0 Å². The first-order valence-electron chi connectivity index (χ1n) is 8.53. The minimum atomic E-state index is -0.508. The third kappa shape index (κ3) is 3.54. The maximum atomic E-state index is 10.8. The number of aliphatic hydroxyl groups excluding tert-OH is 1. The summed E-state index contributed by atoms with van der Waals surface area (Å²) in [6.07, 6.45) is 5.35. The van der Waals surface area contributed by atoms with Crippen LogP contribution in [0.1, 0.15) is 49.7 Å². The van der Waals surface area contributed by atoms with E-state index in [0.717, 1.165) is 35.1 Å². The fourth-order valence-electron chi connectivity index (χ4n) is 3.52. The van der Waals surface area contributed by atoms with Gasteiger partial charge in [0.1, 0.15) is 30.0 Å². The van der Waals surface area contributed by atoms with E-state index in [1.54, 1.807) is 7.11 Å². The van der Waals surface area contributed by atoms with Crippen LogP contribution in [0, 0.1) is 12.8 Å². The lowest BCUT2D eigenvalue weighted by atomic mass is 9.84. The van der Waals surface area contributed by atoms with Crippen molar-refractivity contribution in [2.24, 2.45) is 5.92 Å². The molecule has 0 aliphatic heterocycles. The molecular weight excluding hydrogens is 292 g/mol. The van der Waals surface area contributed by atoms with Gasteiger partial charge in [-0.05, 0) is 43.9 Å². The molecule has 1 aliphatic carbocycles. The summed E-state index contributed by atoms with van der Waals surface area (Å²) in [7, 11) is 1.66. The second kappa shape index (κ2) is 7.37. The molecule has 2 aromatic rings. The zero-order valence-electron chi connectivity index (χ0n) is 14.0. The summed E-state index contributed by atoms with van der Waals surface area (Å²) in [6.45, 7) is 3.03. The highest BCUT2D eigenvalue weighted by atomic mass is 16.5. The van der Waals surface area contributed by atoms with Crippen molar-refractivity contribution in [2.45, 2.75) is 45.1 Å². The van der Waals surface area contributed by atoms with Gasteiger partial charge < -0.3 is 19.0 Å². The summed E-state index contributed by atoms with van der Waals surface area (Å²) in [5.74, 6) is 2.67. The Balaban J connectivity index is 1.84. The lowest BCUT2D eigenvalue weighted by Gasteiger charge is -2.25. The van der Waals surface area contributed by atoms with Crippen LogP contribution in [0.15, 0.2) is 22.6 Å². The molecule has 1 heterocycles. The molecule has 0 amide bonds. The van der Waals surface area contributed by atoms with Crippen molar-refractivity contribution in [1.82, 2.24) is 0 Å². The molecule has 23 heavy (non-hydrogen) atoms. The summed E-state index contributed by atoms with van der Waals surface area (Å²) < 4.78 is 16.6. The van der Waals surface area contributed by atoms with Crippen molar-refractivity contribution in [3.05, 3.63) is 29.7 Å². The number of furan rings is 1. The molecule has 1 aromatic heterocycles. The van der Waals surface area contributed by atoms with E-state index in [4.69, 9.17) is 13.9 Å². The van der Waals surface area contributed by atoms with E-state index in [2.05, 4.69) is 0 Å². The zero-order chi connectivity index (χ0) is 16.2. The van der Waals surface area contributed by atoms with Gasteiger partial charge in [-0.3, -0.25) is 0 Å². The van der Waals surface area contributed by atoms with Crippen molar-refractivity contribution in [2.75, 3.05) is 20.3 Å². The van der Waals surface area contributed by atoms with E-state index in [9.17, 15) is 5.11 Å². The number of fused-ring (bicyclic) bond motifs is 1. The second-order valence-corrected chi connectivity index (χ2v) is 6.41.